The van der Waals surface area contributed by atoms with Gasteiger partial charge in [0.05, 0.1) is 24.0 Å². The molecule has 2 heterocycles. The first-order valence-electron chi connectivity index (χ1n) is 7.87. The summed E-state index contributed by atoms with van der Waals surface area (Å²) in [6.07, 6.45) is 4.22. The Kier molecular flexibility index (Phi) is 4.41. The maximum Gasteiger partial charge on any atom is 0.222 e. The van der Waals surface area contributed by atoms with Crippen LogP contribution in [-0.2, 0) is 24.4 Å². The lowest BCUT2D eigenvalue weighted by Gasteiger charge is -2.06. The monoisotopic (exact) mass is 311 g/mol. The topological polar surface area (TPSA) is 64.7 Å². The molecule has 0 aliphatic heterocycles. The van der Waals surface area contributed by atoms with Gasteiger partial charge in [0, 0.05) is 36.7 Å². The standard InChI is InChI=1S/C17H21N5O/c1-3-21-12-15(13(2)20-21)10-18-17(23)8-9-22-16-7-5-4-6-14(16)11-19-22/h4-7,11-12H,3,8-10H2,1-2H3,(H,18,23). The normalized spacial score (nSPS) is 11.0. The van der Waals surface area contributed by atoms with Crippen molar-refractivity contribution >= 4 is 16.8 Å². The molecular weight excluding hydrogens is 290 g/mol. The van der Waals surface area contributed by atoms with Crippen LogP contribution in [0.2, 0.25) is 0 Å². The number of carbonyl (C=O) groups excluding carboxylic acids is 1. The predicted molar refractivity (Wildman–Crippen MR) is 88.8 cm³/mol. The average molecular weight is 311 g/mol. The van der Waals surface area contributed by atoms with Crippen molar-refractivity contribution in [3.63, 3.8) is 0 Å². The first-order chi connectivity index (χ1) is 11.2. The van der Waals surface area contributed by atoms with Crippen LogP contribution in [0, 0.1) is 6.92 Å². The van der Waals surface area contributed by atoms with Crippen molar-refractivity contribution in [2.24, 2.45) is 0 Å². The minimum absolute atomic E-state index is 0.0215. The van der Waals surface area contributed by atoms with Gasteiger partial charge in [0.15, 0.2) is 0 Å². The van der Waals surface area contributed by atoms with Crippen LogP contribution >= 0.6 is 0 Å². The van der Waals surface area contributed by atoms with Crippen molar-refractivity contribution < 1.29 is 4.79 Å². The zero-order chi connectivity index (χ0) is 16.2. The molecule has 0 bridgehead atoms. The molecule has 23 heavy (non-hydrogen) atoms. The van der Waals surface area contributed by atoms with Gasteiger partial charge in [-0.05, 0) is 19.9 Å². The summed E-state index contributed by atoms with van der Waals surface area (Å²) < 4.78 is 3.75. The average Bonchev–Trinajstić information content (AvgIpc) is 3.14. The van der Waals surface area contributed by atoms with E-state index >= 15 is 0 Å². The van der Waals surface area contributed by atoms with Gasteiger partial charge in [0.25, 0.3) is 0 Å². The van der Waals surface area contributed by atoms with E-state index in [1.54, 1.807) is 0 Å². The minimum Gasteiger partial charge on any atom is -0.352 e. The number of nitrogens with zero attached hydrogens (tertiary/aromatic N) is 4. The first-order valence-corrected chi connectivity index (χ1v) is 7.87. The van der Waals surface area contributed by atoms with Crippen molar-refractivity contribution in [1.82, 2.24) is 24.9 Å². The van der Waals surface area contributed by atoms with Crippen molar-refractivity contribution in [3.8, 4) is 0 Å². The molecule has 3 aromatic rings. The van der Waals surface area contributed by atoms with Crippen LogP contribution in [0.5, 0.6) is 0 Å². The summed E-state index contributed by atoms with van der Waals surface area (Å²) in [6.45, 7) is 5.94. The fourth-order valence-corrected chi connectivity index (χ4v) is 2.59. The summed E-state index contributed by atoms with van der Waals surface area (Å²) in [4.78, 5) is 12.1. The molecule has 0 saturated carbocycles. The zero-order valence-electron chi connectivity index (χ0n) is 13.5. The van der Waals surface area contributed by atoms with Gasteiger partial charge in [-0.2, -0.15) is 10.2 Å². The van der Waals surface area contributed by atoms with Crippen molar-refractivity contribution in [1.29, 1.82) is 0 Å². The molecule has 0 fully saturated rings. The van der Waals surface area contributed by atoms with Gasteiger partial charge in [-0.15, -0.1) is 0 Å². The van der Waals surface area contributed by atoms with Crippen LogP contribution < -0.4 is 5.32 Å². The molecule has 2 aromatic heterocycles. The van der Waals surface area contributed by atoms with Gasteiger partial charge in [-0.25, -0.2) is 0 Å². The minimum atomic E-state index is 0.0215. The van der Waals surface area contributed by atoms with Gasteiger partial charge < -0.3 is 5.32 Å². The highest BCUT2D eigenvalue weighted by atomic mass is 16.1. The van der Waals surface area contributed by atoms with E-state index in [9.17, 15) is 4.79 Å². The third-order valence-corrected chi connectivity index (χ3v) is 3.95. The fraction of sp³-hybridized carbons (Fsp3) is 0.353. The van der Waals surface area contributed by atoms with E-state index in [4.69, 9.17) is 0 Å². The number of hydrogen-bond donors (Lipinski definition) is 1. The Bertz CT molecular complexity index is 817. The Morgan fingerprint density at radius 2 is 2.13 bits per heavy atom. The number of carbonyl (C=O) groups is 1. The molecule has 6 nitrogen and oxygen atoms in total. The third kappa shape index (κ3) is 3.41. The van der Waals surface area contributed by atoms with E-state index in [1.165, 1.54) is 0 Å². The maximum absolute atomic E-state index is 12.1. The van der Waals surface area contributed by atoms with Crippen molar-refractivity contribution in [2.45, 2.75) is 39.9 Å². The molecule has 120 valence electrons. The summed E-state index contributed by atoms with van der Waals surface area (Å²) >= 11 is 0. The fourth-order valence-electron chi connectivity index (χ4n) is 2.59. The Balaban J connectivity index is 1.54. The van der Waals surface area contributed by atoms with E-state index in [0.29, 0.717) is 19.5 Å². The smallest absolute Gasteiger partial charge is 0.222 e. The number of para-hydroxylation sites is 1. The second-order valence-corrected chi connectivity index (χ2v) is 5.55. The molecule has 1 aromatic carbocycles. The van der Waals surface area contributed by atoms with Crippen LogP contribution in [0.3, 0.4) is 0 Å². The van der Waals surface area contributed by atoms with Gasteiger partial charge in [0.2, 0.25) is 5.91 Å². The molecule has 3 rings (SSSR count). The Morgan fingerprint density at radius 3 is 2.91 bits per heavy atom. The van der Waals surface area contributed by atoms with E-state index in [2.05, 4.69) is 15.5 Å². The number of rotatable bonds is 6. The number of benzene rings is 1. The van der Waals surface area contributed by atoms with Crippen LogP contribution in [0.1, 0.15) is 24.6 Å². The molecule has 0 radical (unpaired) electrons. The second kappa shape index (κ2) is 6.64. The molecule has 0 atom stereocenters. The number of hydrogen-bond acceptors (Lipinski definition) is 3. The summed E-state index contributed by atoms with van der Waals surface area (Å²) in [5.41, 5.74) is 3.08. The Hall–Kier alpha value is -2.63. The van der Waals surface area contributed by atoms with E-state index < -0.39 is 0 Å². The number of amides is 1. The molecule has 0 aliphatic carbocycles. The van der Waals surface area contributed by atoms with Gasteiger partial charge >= 0.3 is 0 Å². The molecule has 0 aliphatic rings. The van der Waals surface area contributed by atoms with Crippen molar-refractivity contribution in [2.75, 3.05) is 0 Å². The van der Waals surface area contributed by atoms with Crippen molar-refractivity contribution in [3.05, 3.63) is 47.9 Å². The van der Waals surface area contributed by atoms with E-state index in [-0.39, 0.29) is 5.91 Å². The largest absolute Gasteiger partial charge is 0.352 e. The van der Waals surface area contributed by atoms with Gasteiger partial charge in [-0.3, -0.25) is 14.2 Å². The van der Waals surface area contributed by atoms with E-state index in [0.717, 1.165) is 28.7 Å². The first kappa shape index (κ1) is 15.3. The summed E-state index contributed by atoms with van der Waals surface area (Å²) in [6, 6.07) is 8.00. The highest BCUT2D eigenvalue weighted by molar-refractivity contribution is 5.79. The third-order valence-electron chi connectivity index (χ3n) is 3.95. The number of aryl methyl sites for hydroxylation is 3. The van der Waals surface area contributed by atoms with E-state index in [1.807, 2.05) is 59.9 Å². The van der Waals surface area contributed by atoms with Crippen LogP contribution in [0.4, 0.5) is 0 Å². The molecule has 0 spiro atoms. The number of fused-ring (bicyclic) bond motifs is 1. The highest BCUT2D eigenvalue weighted by Gasteiger charge is 2.08. The SMILES string of the molecule is CCn1cc(CNC(=O)CCn2ncc3ccccc32)c(C)n1. The lowest BCUT2D eigenvalue weighted by Crippen LogP contribution is -2.24. The molecular formula is C17H21N5O. The molecule has 0 saturated heterocycles. The van der Waals surface area contributed by atoms with Crippen LogP contribution in [0.25, 0.3) is 10.9 Å². The second-order valence-electron chi connectivity index (χ2n) is 5.55. The number of nitrogens with one attached hydrogen (secondary N) is 1. The molecule has 0 unspecified atom stereocenters. The molecule has 1 amide bonds. The van der Waals surface area contributed by atoms with Crippen LogP contribution in [0.15, 0.2) is 36.7 Å². The number of aromatic nitrogens is 4. The maximum atomic E-state index is 12.1. The molecule has 1 N–H and O–H groups in total. The molecule has 6 heteroatoms. The zero-order valence-corrected chi connectivity index (χ0v) is 13.5. The summed E-state index contributed by atoms with van der Waals surface area (Å²) in [7, 11) is 0. The Morgan fingerprint density at radius 1 is 1.30 bits per heavy atom. The van der Waals surface area contributed by atoms with Gasteiger partial charge in [-0.1, -0.05) is 18.2 Å². The lowest BCUT2D eigenvalue weighted by atomic mass is 10.2. The predicted octanol–water partition coefficient (Wildman–Crippen LogP) is 2.27. The summed E-state index contributed by atoms with van der Waals surface area (Å²) in [5.74, 6) is 0.0215. The Labute approximate surface area is 135 Å². The summed E-state index contributed by atoms with van der Waals surface area (Å²) in [5, 5.41) is 12.8. The lowest BCUT2D eigenvalue weighted by molar-refractivity contribution is -0.121. The highest BCUT2D eigenvalue weighted by Crippen LogP contribution is 2.12. The quantitative estimate of drug-likeness (QED) is 0.759. The van der Waals surface area contributed by atoms with Crippen LogP contribution in [-0.4, -0.2) is 25.5 Å². The van der Waals surface area contributed by atoms with Gasteiger partial charge in [0.1, 0.15) is 0 Å².